The van der Waals surface area contributed by atoms with Gasteiger partial charge in [-0.25, -0.2) is 14.4 Å². The van der Waals surface area contributed by atoms with Crippen molar-refractivity contribution in [3.63, 3.8) is 0 Å². The smallest absolute Gasteiger partial charge is 0.149 e. The lowest BCUT2D eigenvalue weighted by Gasteiger charge is -2.40. The summed E-state index contributed by atoms with van der Waals surface area (Å²) in [5, 5.41) is 4.87. The predicted molar refractivity (Wildman–Crippen MR) is 104 cm³/mol. The molecule has 0 radical (unpaired) electrons. The third kappa shape index (κ3) is 2.90. The number of hydrogen-bond acceptors (Lipinski definition) is 4. The van der Waals surface area contributed by atoms with Crippen molar-refractivity contribution in [3.05, 3.63) is 59.1 Å². The van der Waals surface area contributed by atoms with Crippen LogP contribution in [0.1, 0.15) is 43.7 Å². The molecule has 3 aromatic rings. The summed E-state index contributed by atoms with van der Waals surface area (Å²) in [6.07, 6.45) is 6.69. The molecule has 4 nitrogen and oxygen atoms in total. The Labute approximate surface area is 161 Å². The average Bonchev–Trinajstić information content (AvgIpc) is 3.11. The number of benzene rings is 2. The van der Waals surface area contributed by atoms with Gasteiger partial charge in [-0.3, -0.25) is 0 Å². The molecule has 1 fully saturated rings. The summed E-state index contributed by atoms with van der Waals surface area (Å²) in [6.45, 7) is 0. The summed E-state index contributed by atoms with van der Waals surface area (Å²) in [7, 11) is 0. The minimum absolute atomic E-state index is 0.00748. The van der Waals surface area contributed by atoms with Crippen molar-refractivity contribution in [2.75, 3.05) is 5.32 Å². The van der Waals surface area contributed by atoms with Crippen molar-refractivity contribution in [3.8, 4) is 5.75 Å². The average molecular weight is 384 g/mol. The summed E-state index contributed by atoms with van der Waals surface area (Å²) in [4.78, 5) is 8.48. The molecule has 2 aliphatic rings. The summed E-state index contributed by atoms with van der Waals surface area (Å²) < 4.78 is 20.5. The van der Waals surface area contributed by atoms with E-state index in [4.69, 9.17) is 16.3 Å². The van der Waals surface area contributed by atoms with Gasteiger partial charge in [0.05, 0.1) is 6.04 Å². The molecule has 0 bridgehead atoms. The third-order valence-electron chi connectivity index (χ3n) is 5.69. The maximum atomic E-state index is 14.1. The fourth-order valence-corrected chi connectivity index (χ4v) is 4.61. The van der Waals surface area contributed by atoms with Gasteiger partial charge in [0.15, 0.2) is 0 Å². The highest BCUT2D eigenvalue weighted by molar-refractivity contribution is 6.30. The quantitative estimate of drug-likeness (QED) is 0.619. The Morgan fingerprint density at radius 1 is 1.15 bits per heavy atom. The molecular formula is C21H19ClFN3O. The standard InChI is InChI=1S/C21H19ClFN3O/c22-13-6-7-18-15(10-13)17(11-21(27-18)8-1-2-9-21)26-20-14-4-3-5-16(23)19(14)24-12-25-20/h3-7,10,12,17H,1-2,8-9,11H2,(H,24,25,26)/t17-/m0/s1. The third-order valence-corrected chi connectivity index (χ3v) is 5.93. The van der Waals surface area contributed by atoms with Gasteiger partial charge in [-0.15, -0.1) is 0 Å². The van der Waals surface area contributed by atoms with Crippen molar-refractivity contribution in [1.29, 1.82) is 0 Å². The Kier molecular flexibility index (Phi) is 3.93. The lowest BCUT2D eigenvalue weighted by atomic mass is 9.86. The number of rotatable bonds is 2. The lowest BCUT2D eigenvalue weighted by molar-refractivity contribution is 0.0453. The molecule has 138 valence electrons. The molecular weight excluding hydrogens is 365 g/mol. The second-order valence-corrected chi connectivity index (χ2v) is 7.87. The van der Waals surface area contributed by atoms with Crippen LogP contribution in [-0.4, -0.2) is 15.6 Å². The topological polar surface area (TPSA) is 47.0 Å². The molecule has 2 aromatic carbocycles. The number of anilines is 1. The van der Waals surface area contributed by atoms with Gasteiger partial charge < -0.3 is 10.1 Å². The Morgan fingerprint density at radius 2 is 2.00 bits per heavy atom. The van der Waals surface area contributed by atoms with E-state index in [0.717, 1.165) is 30.6 Å². The van der Waals surface area contributed by atoms with Crippen LogP contribution in [0.25, 0.3) is 10.9 Å². The molecule has 1 aliphatic carbocycles. The van der Waals surface area contributed by atoms with Crippen LogP contribution < -0.4 is 10.1 Å². The van der Waals surface area contributed by atoms with Crippen LogP contribution in [0.2, 0.25) is 5.02 Å². The Morgan fingerprint density at radius 3 is 2.85 bits per heavy atom. The normalized spacial score (nSPS) is 20.4. The van der Waals surface area contributed by atoms with Crippen LogP contribution >= 0.6 is 11.6 Å². The van der Waals surface area contributed by atoms with Crippen LogP contribution in [0, 0.1) is 5.82 Å². The molecule has 6 heteroatoms. The first-order chi connectivity index (χ1) is 13.1. The predicted octanol–water partition coefficient (Wildman–Crippen LogP) is 5.67. The molecule has 27 heavy (non-hydrogen) atoms. The molecule has 2 heterocycles. The van der Waals surface area contributed by atoms with E-state index in [2.05, 4.69) is 15.3 Å². The molecule has 1 N–H and O–H groups in total. The molecule has 1 atom stereocenters. The number of nitrogens with one attached hydrogen (secondary N) is 1. The van der Waals surface area contributed by atoms with Crippen LogP contribution in [0.15, 0.2) is 42.7 Å². The van der Waals surface area contributed by atoms with Gasteiger partial charge in [0, 0.05) is 22.4 Å². The molecule has 0 saturated heterocycles. The zero-order valence-corrected chi connectivity index (χ0v) is 15.5. The van der Waals surface area contributed by atoms with Gasteiger partial charge in [0.2, 0.25) is 0 Å². The van der Waals surface area contributed by atoms with Crippen LogP contribution in [0.4, 0.5) is 10.2 Å². The molecule has 1 aliphatic heterocycles. The van der Waals surface area contributed by atoms with E-state index >= 15 is 0 Å². The monoisotopic (exact) mass is 383 g/mol. The largest absolute Gasteiger partial charge is 0.487 e. The first-order valence-electron chi connectivity index (χ1n) is 9.28. The van der Waals surface area contributed by atoms with Crippen LogP contribution in [0.3, 0.4) is 0 Å². The number of para-hydroxylation sites is 1. The van der Waals surface area contributed by atoms with E-state index in [1.54, 1.807) is 6.07 Å². The van der Waals surface area contributed by atoms with E-state index in [1.807, 2.05) is 24.3 Å². The van der Waals surface area contributed by atoms with Gasteiger partial charge in [-0.1, -0.05) is 17.7 Å². The number of nitrogens with zero attached hydrogens (tertiary/aromatic N) is 2. The molecule has 1 saturated carbocycles. The molecule has 0 unspecified atom stereocenters. The van der Waals surface area contributed by atoms with Crippen LogP contribution in [0.5, 0.6) is 5.75 Å². The van der Waals surface area contributed by atoms with Crippen molar-refractivity contribution in [2.24, 2.45) is 0 Å². The van der Waals surface area contributed by atoms with Gasteiger partial charge >= 0.3 is 0 Å². The summed E-state index contributed by atoms with van der Waals surface area (Å²) in [5.74, 6) is 1.15. The first kappa shape index (κ1) is 16.8. The molecule has 1 aromatic heterocycles. The van der Waals surface area contributed by atoms with Crippen molar-refractivity contribution >= 4 is 28.3 Å². The second-order valence-electron chi connectivity index (χ2n) is 7.43. The van der Waals surface area contributed by atoms with Crippen molar-refractivity contribution < 1.29 is 9.13 Å². The zero-order chi connectivity index (χ0) is 18.4. The van der Waals surface area contributed by atoms with Gasteiger partial charge in [0.1, 0.15) is 34.8 Å². The maximum Gasteiger partial charge on any atom is 0.149 e. The van der Waals surface area contributed by atoms with Crippen LogP contribution in [-0.2, 0) is 0 Å². The summed E-state index contributed by atoms with van der Waals surface area (Å²) >= 11 is 6.25. The first-order valence-corrected chi connectivity index (χ1v) is 9.66. The van der Waals surface area contributed by atoms with Gasteiger partial charge in [0.25, 0.3) is 0 Å². The van der Waals surface area contributed by atoms with Crippen molar-refractivity contribution in [1.82, 2.24) is 9.97 Å². The number of halogens is 2. The van der Waals surface area contributed by atoms with E-state index in [-0.39, 0.29) is 17.5 Å². The fraction of sp³-hybridized carbons (Fsp3) is 0.333. The molecule has 1 spiro atoms. The van der Waals surface area contributed by atoms with E-state index in [9.17, 15) is 4.39 Å². The lowest BCUT2D eigenvalue weighted by Crippen LogP contribution is -2.40. The number of fused-ring (bicyclic) bond motifs is 2. The summed E-state index contributed by atoms with van der Waals surface area (Å²) in [6, 6.07) is 10.7. The number of ether oxygens (including phenoxy) is 1. The molecule has 0 amide bonds. The van der Waals surface area contributed by atoms with E-state index < -0.39 is 0 Å². The van der Waals surface area contributed by atoms with E-state index in [0.29, 0.717) is 21.7 Å². The highest BCUT2D eigenvalue weighted by Crippen LogP contribution is 2.48. The number of hydrogen-bond donors (Lipinski definition) is 1. The summed E-state index contributed by atoms with van der Waals surface area (Å²) in [5.41, 5.74) is 1.19. The van der Waals surface area contributed by atoms with Crippen molar-refractivity contribution in [2.45, 2.75) is 43.7 Å². The SMILES string of the molecule is Fc1cccc2c(N[C@H]3CC4(CCCC4)Oc4ccc(Cl)cc43)ncnc12. The fourth-order valence-electron chi connectivity index (χ4n) is 4.43. The maximum absolute atomic E-state index is 14.1. The second kappa shape index (κ2) is 6.34. The highest BCUT2D eigenvalue weighted by Gasteiger charge is 2.43. The van der Waals surface area contributed by atoms with Gasteiger partial charge in [-0.2, -0.15) is 0 Å². The highest BCUT2D eigenvalue weighted by atomic mass is 35.5. The number of aromatic nitrogens is 2. The minimum atomic E-state index is -0.347. The minimum Gasteiger partial charge on any atom is -0.487 e. The Hall–Kier alpha value is -2.40. The Balaban J connectivity index is 1.58. The van der Waals surface area contributed by atoms with Gasteiger partial charge in [-0.05, 0) is 56.0 Å². The zero-order valence-electron chi connectivity index (χ0n) is 14.7. The van der Waals surface area contributed by atoms with E-state index in [1.165, 1.54) is 25.2 Å². The molecule has 5 rings (SSSR count). The Bertz CT molecular complexity index is 1020.